The molecule has 0 unspecified atom stereocenters. The van der Waals surface area contributed by atoms with Gasteiger partial charge in [-0.3, -0.25) is 4.79 Å². The first-order chi connectivity index (χ1) is 13.1. The van der Waals surface area contributed by atoms with Crippen molar-refractivity contribution in [1.82, 2.24) is 5.32 Å². The molecule has 0 spiro atoms. The van der Waals surface area contributed by atoms with Crippen LogP contribution in [0, 0.1) is 0 Å². The number of benzene rings is 2. The zero-order chi connectivity index (χ0) is 19.2. The van der Waals surface area contributed by atoms with E-state index in [-0.39, 0.29) is 17.7 Å². The van der Waals surface area contributed by atoms with Crippen LogP contribution in [0.4, 0.5) is 0 Å². The number of methoxy groups -OCH3 is 2. The summed E-state index contributed by atoms with van der Waals surface area (Å²) in [7, 11) is 3.26. The summed E-state index contributed by atoms with van der Waals surface area (Å²) in [6.45, 7) is 0. The molecule has 1 atom stereocenters. The maximum Gasteiger partial charge on any atom is 0.287 e. The van der Waals surface area contributed by atoms with E-state index in [1.54, 1.807) is 26.4 Å². The summed E-state index contributed by atoms with van der Waals surface area (Å²) in [4.78, 5) is 12.6. The molecule has 0 saturated carbocycles. The Bertz CT molecular complexity index is 887. The van der Waals surface area contributed by atoms with Crippen LogP contribution >= 0.6 is 15.9 Å². The van der Waals surface area contributed by atoms with Gasteiger partial charge in [0.15, 0.2) is 10.4 Å². The number of amides is 1. The summed E-state index contributed by atoms with van der Waals surface area (Å²) in [5.74, 6) is 1.55. The fourth-order valence-corrected chi connectivity index (χ4v) is 3.06. The summed E-state index contributed by atoms with van der Waals surface area (Å²) in [5.41, 5.74) is 2.06. The lowest BCUT2D eigenvalue weighted by Gasteiger charge is -2.19. The van der Waals surface area contributed by atoms with Crippen LogP contribution in [0.15, 0.2) is 69.8 Å². The van der Waals surface area contributed by atoms with Crippen LogP contribution in [0.5, 0.6) is 11.5 Å². The Morgan fingerprint density at radius 1 is 0.963 bits per heavy atom. The van der Waals surface area contributed by atoms with Crippen LogP contribution in [-0.4, -0.2) is 20.1 Å². The Kier molecular flexibility index (Phi) is 6.19. The number of carbonyl (C=O) groups excluding carboxylic acids is 1. The fourth-order valence-electron chi connectivity index (χ4n) is 2.75. The van der Waals surface area contributed by atoms with Gasteiger partial charge in [0, 0.05) is 0 Å². The third-order valence-electron chi connectivity index (χ3n) is 4.22. The molecular weight excluding hydrogens is 410 g/mol. The van der Waals surface area contributed by atoms with Gasteiger partial charge >= 0.3 is 0 Å². The van der Waals surface area contributed by atoms with Gasteiger partial charge in [-0.15, -0.1) is 0 Å². The first-order valence-electron chi connectivity index (χ1n) is 8.42. The molecule has 1 aromatic heterocycles. The number of ether oxygens (including phenoxy) is 2. The zero-order valence-corrected chi connectivity index (χ0v) is 16.7. The summed E-state index contributed by atoms with van der Waals surface area (Å²) in [6.07, 6.45) is 0.629. The summed E-state index contributed by atoms with van der Waals surface area (Å²) < 4.78 is 16.3. The predicted molar refractivity (Wildman–Crippen MR) is 106 cm³/mol. The standard InChI is InChI=1S/C21H20BrNO4/c1-25-16-7-3-14(4-8-16)13-18(15-5-9-17(26-2)10-6-15)23-21(24)19-11-12-20(22)27-19/h3-12,18H,13H2,1-2H3,(H,23,24)/t18-/m1/s1. The highest BCUT2D eigenvalue weighted by Crippen LogP contribution is 2.24. The molecule has 3 aromatic rings. The Morgan fingerprint density at radius 2 is 1.56 bits per heavy atom. The Balaban J connectivity index is 1.83. The monoisotopic (exact) mass is 429 g/mol. The second-order valence-corrected chi connectivity index (χ2v) is 6.74. The minimum absolute atomic E-state index is 0.222. The molecule has 5 nitrogen and oxygen atoms in total. The van der Waals surface area contributed by atoms with Crippen molar-refractivity contribution in [2.75, 3.05) is 14.2 Å². The van der Waals surface area contributed by atoms with Crippen molar-refractivity contribution in [2.45, 2.75) is 12.5 Å². The molecule has 0 aliphatic carbocycles. The summed E-state index contributed by atoms with van der Waals surface area (Å²) in [5, 5.41) is 3.05. The van der Waals surface area contributed by atoms with Crippen molar-refractivity contribution in [3.05, 3.63) is 82.2 Å². The average Bonchev–Trinajstić information content (AvgIpc) is 3.14. The molecule has 0 aliphatic heterocycles. The first kappa shape index (κ1) is 19.0. The van der Waals surface area contributed by atoms with E-state index < -0.39 is 0 Å². The van der Waals surface area contributed by atoms with Crippen LogP contribution in [-0.2, 0) is 6.42 Å². The highest BCUT2D eigenvalue weighted by molar-refractivity contribution is 9.10. The molecule has 27 heavy (non-hydrogen) atoms. The topological polar surface area (TPSA) is 60.7 Å². The Hall–Kier alpha value is -2.73. The molecule has 1 heterocycles. The van der Waals surface area contributed by atoms with Crippen LogP contribution in [0.1, 0.15) is 27.7 Å². The molecule has 0 radical (unpaired) electrons. The van der Waals surface area contributed by atoms with Crippen molar-refractivity contribution >= 4 is 21.8 Å². The molecule has 1 amide bonds. The van der Waals surface area contributed by atoms with E-state index in [0.717, 1.165) is 22.6 Å². The summed E-state index contributed by atoms with van der Waals surface area (Å²) in [6, 6.07) is 18.6. The molecule has 0 bridgehead atoms. The summed E-state index contributed by atoms with van der Waals surface area (Å²) >= 11 is 3.22. The van der Waals surface area contributed by atoms with Crippen molar-refractivity contribution < 1.29 is 18.7 Å². The highest BCUT2D eigenvalue weighted by Gasteiger charge is 2.19. The van der Waals surface area contributed by atoms with E-state index in [9.17, 15) is 4.79 Å². The van der Waals surface area contributed by atoms with E-state index in [4.69, 9.17) is 13.9 Å². The first-order valence-corrected chi connectivity index (χ1v) is 9.21. The van der Waals surface area contributed by atoms with E-state index in [0.29, 0.717) is 11.1 Å². The SMILES string of the molecule is COc1ccc(C[C@@H](NC(=O)c2ccc(Br)o2)c2ccc(OC)cc2)cc1. The van der Waals surface area contributed by atoms with E-state index in [1.807, 2.05) is 48.5 Å². The number of halogens is 1. The molecule has 0 fully saturated rings. The van der Waals surface area contributed by atoms with Gasteiger partial charge in [0.2, 0.25) is 0 Å². The second kappa shape index (κ2) is 8.77. The normalized spacial score (nSPS) is 11.7. The van der Waals surface area contributed by atoms with Crippen molar-refractivity contribution in [3.63, 3.8) is 0 Å². The predicted octanol–water partition coefficient (Wildman–Crippen LogP) is 4.77. The maximum atomic E-state index is 12.6. The van der Waals surface area contributed by atoms with Crippen LogP contribution < -0.4 is 14.8 Å². The lowest BCUT2D eigenvalue weighted by atomic mass is 9.98. The zero-order valence-electron chi connectivity index (χ0n) is 15.1. The average molecular weight is 430 g/mol. The number of carbonyl (C=O) groups is 1. The molecule has 2 aromatic carbocycles. The van der Waals surface area contributed by atoms with Gasteiger partial charge in [0.05, 0.1) is 20.3 Å². The number of nitrogens with one attached hydrogen (secondary N) is 1. The van der Waals surface area contributed by atoms with Crippen molar-refractivity contribution in [2.24, 2.45) is 0 Å². The van der Waals surface area contributed by atoms with E-state index in [1.165, 1.54) is 0 Å². The molecule has 140 valence electrons. The van der Waals surface area contributed by atoms with E-state index in [2.05, 4.69) is 21.2 Å². The Labute approximate surface area is 166 Å². The maximum absolute atomic E-state index is 12.6. The van der Waals surface area contributed by atoms with Crippen LogP contribution in [0.2, 0.25) is 0 Å². The van der Waals surface area contributed by atoms with Gasteiger partial charge in [0.1, 0.15) is 11.5 Å². The second-order valence-electron chi connectivity index (χ2n) is 5.96. The smallest absolute Gasteiger partial charge is 0.287 e. The third-order valence-corrected chi connectivity index (χ3v) is 4.65. The quantitative estimate of drug-likeness (QED) is 0.587. The van der Waals surface area contributed by atoms with Crippen molar-refractivity contribution in [3.8, 4) is 11.5 Å². The molecule has 0 aliphatic rings. The van der Waals surface area contributed by atoms with Crippen molar-refractivity contribution in [1.29, 1.82) is 0 Å². The van der Waals surface area contributed by atoms with Gasteiger partial charge in [-0.25, -0.2) is 0 Å². The molecule has 3 rings (SSSR count). The van der Waals surface area contributed by atoms with Crippen LogP contribution in [0.25, 0.3) is 0 Å². The molecule has 1 N–H and O–H groups in total. The minimum Gasteiger partial charge on any atom is -0.497 e. The molecular formula is C21H20BrNO4. The van der Waals surface area contributed by atoms with Gasteiger partial charge in [-0.05, 0) is 69.9 Å². The van der Waals surface area contributed by atoms with Gasteiger partial charge in [0.25, 0.3) is 5.91 Å². The number of furan rings is 1. The largest absolute Gasteiger partial charge is 0.497 e. The Morgan fingerprint density at radius 3 is 2.07 bits per heavy atom. The highest BCUT2D eigenvalue weighted by atomic mass is 79.9. The van der Waals surface area contributed by atoms with Gasteiger partial charge in [-0.2, -0.15) is 0 Å². The molecule has 6 heteroatoms. The number of hydrogen-bond acceptors (Lipinski definition) is 4. The fraction of sp³-hybridized carbons (Fsp3) is 0.190. The molecule has 0 saturated heterocycles. The minimum atomic E-state index is -0.268. The number of hydrogen-bond donors (Lipinski definition) is 1. The van der Waals surface area contributed by atoms with Crippen LogP contribution in [0.3, 0.4) is 0 Å². The van der Waals surface area contributed by atoms with Gasteiger partial charge < -0.3 is 19.2 Å². The lowest BCUT2D eigenvalue weighted by molar-refractivity contribution is 0.0907. The third kappa shape index (κ3) is 4.92. The lowest BCUT2D eigenvalue weighted by Crippen LogP contribution is -2.29. The van der Waals surface area contributed by atoms with Gasteiger partial charge in [-0.1, -0.05) is 24.3 Å². The van der Waals surface area contributed by atoms with E-state index >= 15 is 0 Å². The number of rotatable bonds is 7.